The van der Waals surface area contributed by atoms with Crippen molar-refractivity contribution < 1.29 is 13.9 Å². The topological polar surface area (TPSA) is 56.7 Å². The van der Waals surface area contributed by atoms with Gasteiger partial charge in [-0.2, -0.15) is 0 Å². The first-order valence-corrected chi connectivity index (χ1v) is 7.62. The standard InChI is InChI=1S/C16H25F2N3O/c1-4-16(22,5-2)11-21-15(19-6-3)20-10-12-9-13(17)7-8-14(12)18/h7-9,22H,4-6,10-11H2,1-3H3,(H2,19,20,21). The van der Waals surface area contributed by atoms with Crippen LogP contribution in [0.3, 0.4) is 0 Å². The van der Waals surface area contributed by atoms with E-state index in [1.54, 1.807) is 0 Å². The lowest BCUT2D eigenvalue weighted by molar-refractivity contribution is 0.0367. The van der Waals surface area contributed by atoms with Gasteiger partial charge in [-0.15, -0.1) is 0 Å². The molecule has 1 aromatic rings. The molecule has 0 radical (unpaired) electrons. The average Bonchev–Trinajstić information content (AvgIpc) is 2.52. The maximum Gasteiger partial charge on any atom is 0.191 e. The lowest BCUT2D eigenvalue weighted by Crippen LogP contribution is -2.46. The van der Waals surface area contributed by atoms with Crippen LogP contribution in [0.4, 0.5) is 8.78 Å². The largest absolute Gasteiger partial charge is 0.388 e. The maximum atomic E-state index is 13.6. The summed E-state index contributed by atoms with van der Waals surface area (Å²) in [5.41, 5.74) is -0.612. The van der Waals surface area contributed by atoms with Crippen LogP contribution in [-0.2, 0) is 6.54 Å². The quantitative estimate of drug-likeness (QED) is 0.536. The number of rotatable bonds is 7. The molecule has 0 amide bonds. The molecule has 0 aliphatic heterocycles. The van der Waals surface area contributed by atoms with Gasteiger partial charge in [0.2, 0.25) is 0 Å². The zero-order valence-electron chi connectivity index (χ0n) is 13.4. The smallest absolute Gasteiger partial charge is 0.191 e. The predicted octanol–water partition coefficient (Wildman–Crippen LogP) is 2.57. The van der Waals surface area contributed by atoms with Crippen molar-refractivity contribution >= 4 is 5.96 Å². The molecule has 4 nitrogen and oxygen atoms in total. The van der Waals surface area contributed by atoms with Crippen LogP contribution in [0.15, 0.2) is 23.2 Å². The highest BCUT2D eigenvalue weighted by Crippen LogP contribution is 2.13. The van der Waals surface area contributed by atoms with Gasteiger partial charge in [-0.1, -0.05) is 13.8 Å². The average molecular weight is 313 g/mol. The number of aliphatic imine (C=N–C) groups is 1. The summed E-state index contributed by atoms with van der Waals surface area (Å²) in [7, 11) is 0. The monoisotopic (exact) mass is 313 g/mol. The molecule has 0 aliphatic rings. The van der Waals surface area contributed by atoms with E-state index in [9.17, 15) is 13.9 Å². The van der Waals surface area contributed by atoms with Gasteiger partial charge < -0.3 is 15.7 Å². The van der Waals surface area contributed by atoms with E-state index in [0.717, 1.165) is 18.2 Å². The van der Waals surface area contributed by atoms with Crippen LogP contribution in [0.1, 0.15) is 39.2 Å². The molecule has 0 atom stereocenters. The summed E-state index contributed by atoms with van der Waals surface area (Å²) in [4.78, 5) is 4.23. The highest BCUT2D eigenvalue weighted by Gasteiger charge is 2.22. The minimum absolute atomic E-state index is 0.0234. The number of nitrogens with one attached hydrogen (secondary N) is 2. The summed E-state index contributed by atoms with van der Waals surface area (Å²) in [6.45, 7) is 6.74. The third-order valence-corrected chi connectivity index (χ3v) is 3.66. The molecule has 0 saturated carbocycles. The highest BCUT2D eigenvalue weighted by molar-refractivity contribution is 5.79. The van der Waals surface area contributed by atoms with Crippen molar-refractivity contribution in [2.45, 2.75) is 45.8 Å². The minimum Gasteiger partial charge on any atom is -0.388 e. The number of benzene rings is 1. The molecule has 0 unspecified atom stereocenters. The van der Waals surface area contributed by atoms with Gasteiger partial charge in [0.05, 0.1) is 12.1 Å². The second-order valence-electron chi connectivity index (χ2n) is 5.22. The van der Waals surface area contributed by atoms with E-state index in [1.165, 1.54) is 0 Å². The Morgan fingerprint density at radius 3 is 2.45 bits per heavy atom. The molecule has 0 aromatic heterocycles. The fraction of sp³-hybridized carbons (Fsp3) is 0.562. The summed E-state index contributed by atoms with van der Waals surface area (Å²) in [6, 6.07) is 3.30. The number of halogens is 2. The van der Waals surface area contributed by atoms with Crippen LogP contribution in [0.2, 0.25) is 0 Å². The van der Waals surface area contributed by atoms with E-state index in [4.69, 9.17) is 0 Å². The van der Waals surface area contributed by atoms with Gasteiger partial charge in [-0.25, -0.2) is 13.8 Å². The summed E-state index contributed by atoms with van der Waals surface area (Å²) >= 11 is 0. The Labute approximate surface area is 130 Å². The molecule has 22 heavy (non-hydrogen) atoms. The first kappa shape index (κ1) is 18.4. The molecule has 124 valence electrons. The molecule has 0 bridgehead atoms. The summed E-state index contributed by atoms with van der Waals surface area (Å²) < 4.78 is 26.7. The van der Waals surface area contributed by atoms with Crippen LogP contribution in [0.25, 0.3) is 0 Å². The lowest BCUT2D eigenvalue weighted by atomic mass is 9.98. The van der Waals surface area contributed by atoms with Gasteiger partial charge in [0.25, 0.3) is 0 Å². The third kappa shape index (κ3) is 5.60. The molecule has 0 aliphatic carbocycles. The van der Waals surface area contributed by atoms with Crippen molar-refractivity contribution in [2.24, 2.45) is 4.99 Å². The molecule has 6 heteroatoms. The fourth-order valence-corrected chi connectivity index (χ4v) is 1.92. The number of aliphatic hydroxyl groups is 1. The molecule has 1 rings (SSSR count). The predicted molar refractivity (Wildman–Crippen MR) is 84.7 cm³/mol. The van der Waals surface area contributed by atoms with E-state index >= 15 is 0 Å². The van der Waals surface area contributed by atoms with Gasteiger partial charge in [0, 0.05) is 18.7 Å². The first-order chi connectivity index (χ1) is 10.4. The highest BCUT2D eigenvalue weighted by atomic mass is 19.1. The second kappa shape index (κ2) is 8.68. The lowest BCUT2D eigenvalue weighted by Gasteiger charge is -2.26. The van der Waals surface area contributed by atoms with E-state index in [2.05, 4.69) is 15.6 Å². The summed E-state index contributed by atoms with van der Waals surface area (Å²) in [5, 5.41) is 16.3. The Kier molecular flexibility index (Phi) is 7.24. The van der Waals surface area contributed by atoms with Gasteiger partial charge in [-0.05, 0) is 38.0 Å². The van der Waals surface area contributed by atoms with Crippen molar-refractivity contribution in [3.63, 3.8) is 0 Å². The molecular formula is C16H25F2N3O. The SMILES string of the molecule is CCNC(=NCc1cc(F)ccc1F)NCC(O)(CC)CC. The number of hydrogen-bond donors (Lipinski definition) is 3. The summed E-state index contributed by atoms with van der Waals surface area (Å²) in [6.07, 6.45) is 1.24. The molecule has 0 spiro atoms. The first-order valence-electron chi connectivity index (χ1n) is 7.62. The van der Waals surface area contributed by atoms with Crippen LogP contribution in [-0.4, -0.2) is 29.8 Å². The van der Waals surface area contributed by atoms with Crippen LogP contribution in [0.5, 0.6) is 0 Å². The molecule has 0 fully saturated rings. The van der Waals surface area contributed by atoms with Crippen molar-refractivity contribution in [1.82, 2.24) is 10.6 Å². The van der Waals surface area contributed by atoms with Crippen molar-refractivity contribution in [2.75, 3.05) is 13.1 Å². The van der Waals surface area contributed by atoms with Gasteiger partial charge in [0.1, 0.15) is 11.6 Å². The zero-order chi connectivity index (χ0) is 16.6. The molecular weight excluding hydrogens is 288 g/mol. The van der Waals surface area contributed by atoms with E-state index < -0.39 is 17.2 Å². The van der Waals surface area contributed by atoms with Crippen molar-refractivity contribution in [3.8, 4) is 0 Å². The Morgan fingerprint density at radius 2 is 1.86 bits per heavy atom. The van der Waals surface area contributed by atoms with Crippen LogP contribution in [0, 0.1) is 11.6 Å². The Hall–Kier alpha value is -1.69. The number of nitrogens with zero attached hydrogens (tertiary/aromatic N) is 1. The minimum atomic E-state index is -0.805. The Balaban J connectivity index is 2.75. The maximum absolute atomic E-state index is 13.6. The zero-order valence-corrected chi connectivity index (χ0v) is 13.4. The molecule has 1 aromatic carbocycles. The molecule has 0 saturated heterocycles. The fourth-order valence-electron chi connectivity index (χ4n) is 1.92. The van der Waals surface area contributed by atoms with Gasteiger partial charge in [-0.3, -0.25) is 0 Å². The summed E-state index contributed by atoms with van der Waals surface area (Å²) in [5.74, 6) is -0.512. The molecule has 3 N–H and O–H groups in total. The van der Waals surface area contributed by atoms with Crippen molar-refractivity contribution in [3.05, 3.63) is 35.4 Å². The number of guanidine groups is 1. The number of hydrogen-bond acceptors (Lipinski definition) is 2. The van der Waals surface area contributed by atoms with Crippen LogP contribution >= 0.6 is 0 Å². The molecule has 0 heterocycles. The van der Waals surface area contributed by atoms with Gasteiger partial charge >= 0.3 is 0 Å². The van der Waals surface area contributed by atoms with E-state index in [1.807, 2.05) is 20.8 Å². The second-order valence-corrected chi connectivity index (χ2v) is 5.22. The van der Waals surface area contributed by atoms with Gasteiger partial charge in [0.15, 0.2) is 5.96 Å². The normalized spacial score (nSPS) is 12.4. The Bertz CT molecular complexity index is 502. The van der Waals surface area contributed by atoms with Crippen molar-refractivity contribution in [1.29, 1.82) is 0 Å². The third-order valence-electron chi connectivity index (χ3n) is 3.66. The van der Waals surface area contributed by atoms with E-state index in [-0.39, 0.29) is 12.1 Å². The van der Waals surface area contributed by atoms with E-state index in [0.29, 0.717) is 31.9 Å². The Morgan fingerprint density at radius 1 is 1.18 bits per heavy atom. The van der Waals surface area contributed by atoms with Crippen LogP contribution < -0.4 is 10.6 Å².